The molecule has 0 saturated heterocycles. The van der Waals surface area contributed by atoms with Crippen molar-refractivity contribution in [3.05, 3.63) is 35.7 Å². The summed E-state index contributed by atoms with van der Waals surface area (Å²) in [5.74, 6) is 0. The summed E-state index contributed by atoms with van der Waals surface area (Å²) in [7, 11) is 1.41. The van der Waals surface area contributed by atoms with Crippen molar-refractivity contribution in [2.24, 2.45) is 0 Å². The van der Waals surface area contributed by atoms with Crippen LogP contribution in [0.15, 0.2) is 35.7 Å². The second kappa shape index (κ2) is 4.34. The van der Waals surface area contributed by atoms with Crippen molar-refractivity contribution in [1.29, 1.82) is 0 Å². The Kier molecular flexibility index (Phi) is 2.90. The maximum absolute atomic E-state index is 11.6. The number of carbonyl (C=O) groups excluding carboxylic acids is 1. The van der Waals surface area contributed by atoms with Gasteiger partial charge >= 0.3 is 6.09 Å². The second-order valence-electron chi connectivity index (χ2n) is 3.72. The molecule has 0 radical (unpaired) electrons. The molecular formula is C12H15NO2. The van der Waals surface area contributed by atoms with E-state index in [0.717, 1.165) is 25.0 Å². The Balaban J connectivity index is 2.33. The minimum atomic E-state index is -0.302. The van der Waals surface area contributed by atoms with Gasteiger partial charge in [-0.05, 0) is 37.3 Å². The van der Waals surface area contributed by atoms with Crippen molar-refractivity contribution < 1.29 is 9.53 Å². The molecule has 0 aromatic rings. The van der Waals surface area contributed by atoms with E-state index in [1.165, 1.54) is 19.1 Å². The Morgan fingerprint density at radius 1 is 1.33 bits per heavy atom. The van der Waals surface area contributed by atoms with Crippen LogP contribution in [0.2, 0.25) is 0 Å². The van der Waals surface area contributed by atoms with Crippen LogP contribution in [0, 0.1) is 0 Å². The van der Waals surface area contributed by atoms with Crippen LogP contribution in [0.3, 0.4) is 0 Å². The van der Waals surface area contributed by atoms with Gasteiger partial charge in [0.25, 0.3) is 0 Å². The van der Waals surface area contributed by atoms with Gasteiger partial charge in [-0.15, -0.1) is 0 Å². The van der Waals surface area contributed by atoms with Crippen molar-refractivity contribution in [3.63, 3.8) is 0 Å². The largest absolute Gasteiger partial charge is 0.452 e. The Morgan fingerprint density at radius 3 is 2.93 bits per heavy atom. The van der Waals surface area contributed by atoms with Crippen LogP contribution in [0.25, 0.3) is 0 Å². The predicted molar refractivity (Wildman–Crippen MR) is 58.0 cm³/mol. The average Bonchev–Trinajstić information content (AvgIpc) is 2.50. The molecule has 3 nitrogen and oxygen atoms in total. The molecule has 0 spiro atoms. The van der Waals surface area contributed by atoms with E-state index in [-0.39, 0.29) is 6.09 Å². The Morgan fingerprint density at radius 2 is 2.13 bits per heavy atom. The van der Waals surface area contributed by atoms with Crippen molar-refractivity contribution in [3.8, 4) is 0 Å². The zero-order valence-corrected chi connectivity index (χ0v) is 8.90. The molecule has 2 rings (SSSR count). The lowest BCUT2D eigenvalue weighted by atomic mass is 9.95. The van der Waals surface area contributed by atoms with Crippen LogP contribution in [0.5, 0.6) is 0 Å². The van der Waals surface area contributed by atoms with E-state index in [1.54, 1.807) is 11.1 Å². The van der Waals surface area contributed by atoms with Gasteiger partial charge in [0.2, 0.25) is 0 Å². The fourth-order valence-corrected chi connectivity index (χ4v) is 2.03. The highest BCUT2D eigenvalue weighted by atomic mass is 16.5. The van der Waals surface area contributed by atoms with Crippen LogP contribution in [0.4, 0.5) is 4.79 Å². The maximum Gasteiger partial charge on any atom is 0.417 e. The first kappa shape index (κ1) is 10.0. The third-order valence-corrected chi connectivity index (χ3v) is 2.79. The molecule has 1 aliphatic heterocycles. The molecule has 0 saturated carbocycles. The average molecular weight is 205 g/mol. The summed E-state index contributed by atoms with van der Waals surface area (Å²) in [5, 5.41) is 0. The predicted octanol–water partition coefficient (Wildman–Crippen LogP) is 2.97. The minimum absolute atomic E-state index is 0.302. The quantitative estimate of drug-likeness (QED) is 0.608. The number of ether oxygens (including phenoxy) is 1. The fourth-order valence-electron chi connectivity index (χ4n) is 2.03. The molecule has 0 N–H and O–H groups in total. The number of allylic oxidation sites excluding steroid dienone is 5. The third-order valence-electron chi connectivity index (χ3n) is 2.79. The Hall–Kier alpha value is -1.51. The second-order valence-corrected chi connectivity index (χ2v) is 3.72. The molecule has 0 fully saturated rings. The summed E-state index contributed by atoms with van der Waals surface area (Å²) >= 11 is 0. The summed E-state index contributed by atoms with van der Waals surface area (Å²) < 4.78 is 4.77. The first-order valence-electron chi connectivity index (χ1n) is 5.27. The lowest BCUT2D eigenvalue weighted by molar-refractivity contribution is 0.147. The maximum atomic E-state index is 11.6. The standard InChI is InChI=1S/C12H15NO2/c1-15-12(14)13-9-5-4-7-10-6-2-3-8-11(10)13/h4-5,7,9H,2-3,6,8H2,1H3. The molecule has 3 heteroatoms. The molecule has 1 aliphatic carbocycles. The summed E-state index contributed by atoms with van der Waals surface area (Å²) in [6.45, 7) is 0. The molecule has 0 atom stereocenters. The normalized spacial score (nSPS) is 19.9. The van der Waals surface area contributed by atoms with Crippen molar-refractivity contribution in [2.45, 2.75) is 25.7 Å². The zero-order valence-electron chi connectivity index (χ0n) is 8.90. The van der Waals surface area contributed by atoms with Crippen LogP contribution in [-0.2, 0) is 4.74 Å². The highest BCUT2D eigenvalue weighted by Crippen LogP contribution is 2.30. The molecule has 0 unspecified atom stereocenters. The van der Waals surface area contributed by atoms with Crippen LogP contribution >= 0.6 is 0 Å². The Labute approximate surface area is 89.7 Å². The molecular weight excluding hydrogens is 190 g/mol. The fraction of sp³-hybridized carbons (Fsp3) is 0.417. The lowest BCUT2D eigenvalue weighted by Gasteiger charge is -2.25. The van der Waals surface area contributed by atoms with Gasteiger partial charge in [0, 0.05) is 11.9 Å². The van der Waals surface area contributed by atoms with E-state index in [9.17, 15) is 4.79 Å². The van der Waals surface area contributed by atoms with Crippen molar-refractivity contribution in [1.82, 2.24) is 4.90 Å². The smallest absolute Gasteiger partial charge is 0.417 e. The highest BCUT2D eigenvalue weighted by molar-refractivity contribution is 5.72. The SMILES string of the molecule is COC(=O)N1C=CC=CC2=C1CCCC2. The van der Waals surface area contributed by atoms with E-state index in [0.29, 0.717) is 0 Å². The summed E-state index contributed by atoms with van der Waals surface area (Å²) in [6.07, 6.45) is 11.8. The van der Waals surface area contributed by atoms with Gasteiger partial charge in [0.1, 0.15) is 0 Å². The molecule has 0 bridgehead atoms. The Bertz CT molecular complexity index is 353. The number of rotatable bonds is 0. The number of nitrogens with zero attached hydrogens (tertiary/aromatic N) is 1. The van der Waals surface area contributed by atoms with E-state index in [2.05, 4.69) is 6.08 Å². The topological polar surface area (TPSA) is 29.5 Å². The van der Waals surface area contributed by atoms with E-state index in [1.807, 2.05) is 12.2 Å². The van der Waals surface area contributed by atoms with E-state index < -0.39 is 0 Å². The monoisotopic (exact) mass is 205 g/mol. The van der Waals surface area contributed by atoms with Gasteiger partial charge in [-0.2, -0.15) is 0 Å². The number of hydrogen-bond acceptors (Lipinski definition) is 2. The summed E-state index contributed by atoms with van der Waals surface area (Å²) in [6, 6.07) is 0. The van der Waals surface area contributed by atoms with Gasteiger partial charge in [-0.3, -0.25) is 4.90 Å². The van der Waals surface area contributed by atoms with Gasteiger partial charge in [0.05, 0.1) is 7.11 Å². The van der Waals surface area contributed by atoms with Crippen molar-refractivity contribution >= 4 is 6.09 Å². The summed E-state index contributed by atoms with van der Waals surface area (Å²) in [5.41, 5.74) is 2.36. The molecule has 1 heterocycles. The third kappa shape index (κ3) is 1.96. The van der Waals surface area contributed by atoms with Gasteiger partial charge in [-0.1, -0.05) is 12.2 Å². The van der Waals surface area contributed by atoms with E-state index in [4.69, 9.17) is 4.74 Å². The lowest BCUT2D eigenvalue weighted by Crippen LogP contribution is -2.26. The molecule has 0 aromatic heterocycles. The van der Waals surface area contributed by atoms with Crippen LogP contribution in [0.1, 0.15) is 25.7 Å². The molecule has 15 heavy (non-hydrogen) atoms. The number of amides is 1. The van der Waals surface area contributed by atoms with Crippen LogP contribution < -0.4 is 0 Å². The van der Waals surface area contributed by atoms with Crippen molar-refractivity contribution in [2.75, 3.05) is 7.11 Å². The molecule has 1 amide bonds. The molecule has 80 valence electrons. The zero-order chi connectivity index (χ0) is 10.7. The van der Waals surface area contributed by atoms with Gasteiger partial charge in [-0.25, -0.2) is 4.79 Å². The summed E-state index contributed by atoms with van der Waals surface area (Å²) in [4.78, 5) is 13.2. The van der Waals surface area contributed by atoms with Gasteiger partial charge in [0.15, 0.2) is 0 Å². The van der Waals surface area contributed by atoms with Gasteiger partial charge < -0.3 is 4.74 Å². The number of carbonyl (C=O) groups is 1. The number of hydrogen-bond donors (Lipinski definition) is 0. The van der Waals surface area contributed by atoms with Crippen LogP contribution in [-0.4, -0.2) is 18.1 Å². The highest BCUT2D eigenvalue weighted by Gasteiger charge is 2.22. The number of methoxy groups -OCH3 is 1. The minimum Gasteiger partial charge on any atom is -0.452 e. The molecule has 2 aliphatic rings. The van der Waals surface area contributed by atoms with E-state index >= 15 is 0 Å². The first-order chi connectivity index (χ1) is 7.33. The molecule has 0 aromatic carbocycles. The first-order valence-corrected chi connectivity index (χ1v) is 5.27.